The van der Waals surface area contributed by atoms with E-state index in [1.54, 1.807) is 0 Å². The molecular formula is C16H32O3S. The average molecular weight is 304 g/mol. The zero-order valence-corrected chi connectivity index (χ0v) is 13.8. The molecule has 0 aromatic rings. The van der Waals surface area contributed by atoms with Gasteiger partial charge in [-0.3, -0.25) is 4.55 Å². The lowest BCUT2D eigenvalue weighted by molar-refractivity contribution is 0.483. The van der Waals surface area contributed by atoms with Gasteiger partial charge in [-0.05, 0) is 19.3 Å². The Morgan fingerprint density at radius 2 is 1.20 bits per heavy atom. The van der Waals surface area contributed by atoms with Crippen molar-refractivity contribution in [3.05, 3.63) is 12.2 Å². The Kier molecular flexibility index (Phi) is 13.4. The molecule has 0 amide bonds. The molecule has 120 valence electrons. The van der Waals surface area contributed by atoms with Gasteiger partial charge in [0.2, 0.25) is 0 Å². The van der Waals surface area contributed by atoms with Crippen LogP contribution in [0.4, 0.5) is 0 Å². The highest BCUT2D eigenvalue weighted by molar-refractivity contribution is 7.85. The summed E-state index contributed by atoms with van der Waals surface area (Å²) in [4.78, 5) is 0. The lowest BCUT2D eigenvalue weighted by Gasteiger charge is -2.01. The van der Waals surface area contributed by atoms with Crippen LogP contribution in [0.25, 0.3) is 0 Å². The molecule has 0 rings (SSSR count). The fourth-order valence-corrected chi connectivity index (χ4v) is 2.64. The highest BCUT2D eigenvalue weighted by Crippen LogP contribution is 2.11. The highest BCUT2D eigenvalue weighted by atomic mass is 32.2. The fourth-order valence-electron chi connectivity index (χ4n) is 2.20. The van der Waals surface area contributed by atoms with Crippen LogP contribution in [0.15, 0.2) is 12.2 Å². The summed E-state index contributed by atoms with van der Waals surface area (Å²) in [6, 6.07) is 0. The third kappa shape index (κ3) is 17.6. The van der Waals surface area contributed by atoms with E-state index in [0.29, 0.717) is 6.42 Å². The first-order chi connectivity index (χ1) is 9.56. The molecule has 0 radical (unpaired) electrons. The van der Waals surface area contributed by atoms with Crippen LogP contribution in [0.3, 0.4) is 0 Å². The summed E-state index contributed by atoms with van der Waals surface area (Å²) in [5.41, 5.74) is 0. The summed E-state index contributed by atoms with van der Waals surface area (Å²) in [7, 11) is -3.79. The first-order valence-electron chi connectivity index (χ1n) is 8.16. The molecule has 0 saturated carbocycles. The SMILES string of the molecule is CCCCCCCCCCCCC=CCCS(=O)(=O)O. The van der Waals surface area contributed by atoms with Crippen LogP contribution in [-0.4, -0.2) is 18.7 Å². The zero-order chi connectivity index (χ0) is 15.1. The first kappa shape index (κ1) is 19.7. The summed E-state index contributed by atoms with van der Waals surface area (Å²) in [6.45, 7) is 2.25. The van der Waals surface area contributed by atoms with Crippen LogP contribution in [-0.2, 0) is 10.1 Å². The van der Waals surface area contributed by atoms with E-state index in [9.17, 15) is 8.42 Å². The molecule has 0 fully saturated rings. The summed E-state index contributed by atoms with van der Waals surface area (Å²) in [5, 5.41) is 0. The van der Waals surface area contributed by atoms with E-state index in [0.717, 1.165) is 6.42 Å². The molecule has 20 heavy (non-hydrogen) atoms. The van der Waals surface area contributed by atoms with Crippen LogP contribution >= 0.6 is 0 Å². The average Bonchev–Trinajstić information content (AvgIpc) is 2.38. The van der Waals surface area contributed by atoms with Crippen molar-refractivity contribution in [2.24, 2.45) is 0 Å². The molecule has 0 aliphatic rings. The number of rotatable bonds is 14. The molecule has 1 N–H and O–H groups in total. The van der Waals surface area contributed by atoms with Crippen LogP contribution in [0.2, 0.25) is 0 Å². The Labute approximate surface area is 125 Å². The molecule has 3 nitrogen and oxygen atoms in total. The van der Waals surface area contributed by atoms with Crippen molar-refractivity contribution >= 4 is 10.1 Å². The van der Waals surface area contributed by atoms with E-state index in [1.165, 1.54) is 64.2 Å². The van der Waals surface area contributed by atoms with E-state index in [4.69, 9.17) is 4.55 Å². The molecule has 0 heterocycles. The molecule has 0 aromatic carbocycles. The predicted molar refractivity (Wildman–Crippen MR) is 86.6 cm³/mol. The van der Waals surface area contributed by atoms with Crippen molar-refractivity contribution in [2.75, 3.05) is 5.75 Å². The van der Waals surface area contributed by atoms with Gasteiger partial charge in [0.05, 0.1) is 5.75 Å². The van der Waals surface area contributed by atoms with E-state index >= 15 is 0 Å². The van der Waals surface area contributed by atoms with E-state index in [2.05, 4.69) is 6.92 Å². The van der Waals surface area contributed by atoms with Crippen molar-refractivity contribution in [3.63, 3.8) is 0 Å². The Morgan fingerprint density at radius 3 is 1.70 bits per heavy atom. The summed E-state index contributed by atoms with van der Waals surface area (Å²) >= 11 is 0. The Hall–Kier alpha value is -0.350. The molecule has 0 aromatic heterocycles. The van der Waals surface area contributed by atoms with Crippen LogP contribution in [0.5, 0.6) is 0 Å². The zero-order valence-electron chi connectivity index (χ0n) is 13.0. The molecule has 0 saturated heterocycles. The molecule has 0 aliphatic carbocycles. The summed E-state index contributed by atoms with van der Waals surface area (Å²) < 4.78 is 29.5. The molecular weight excluding hydrogens is 272 g/mol. The van der Waals surface area contributed by atoms with Crippen molar-refractivity contribution in [2.45, 2.75) is 84.0 Å². The van der Waals surface area contributed by atoms with Crippen molar-refractivity contribution in [1.29, 1.82) is 0 Å². The highest BCUT2D eigenvalue weighted by Gasteiger charge is 2.00. The molecule has 4 heteroatoms. The third-order valence-electron chi connectivity index (χ3n) is 3.43. The summed E-state index contributed by atoms with van der Waals surface area (Å²) in [5.74, 6) is -0.165. The minimum absolute atomic E-state index is 0.165. The molecule has 0 bridgehead atoms. The number of hydrogen-bond acceptors (Lipinski definition) is 2. The van der Waals surface area contributed by atoms with Gasteiger partial charge in [0, 0.05) is 0 Å². The van der Waals surface area contributed by atoms with Gasteiger partial charge < -0.3 is 0 Å². The maximum Gasteiger partial charge on any atom is 0.265 e. The lowest BCUT2D eigenvalue weighted by atomic mass is 10.1. The van der Waals surface area contributed by atoms with Crippen molar-refractivity contribution in [3.8, 4) is 0 Å². The number of allylic oxidation sites excluding steroid dienone is 2. The minimum Gasteiger partial charge on any atom is -0.286 e. The third-order valence-corrected chi connectivity index (χ3v) is 4.19. The standard InChI is InChI=1S/C16H32O3S/c1-2-3-4-5-6-7-8-9-10-11-12-13-14-15-16-20(17,18)19/h13-14H,2-12,15-16H2,1H3,(H,17,18,19). The van der Waals surface area contributed by atoms with E-state index in [-0.39, 0.29) is 5.75 Å². The van der Waals surface area contributed by atoms with Crippen LogP contribution in [0, 0.1) is 0 Å². The van der Waals surface area contributed by atoms with Gasteiger partial charge in [-0.15, -0.1) is 0 Å². The predicted octanol–water partition coefficient (Wildman–Crippen LogP) is 5.13. The van der Waals surface area contributed by atoms with Gasteiger partial charge >= 0.3 is 0 Å². The van der Waals surface area contributed by atoms with Gasteiger partial charge in [0.25, 0.3) is 10.1 Å². The van der Waals surface area contributed by atoms with Crippen LogP contribution < -0.4 is 0 Å². The number of hydrogen-bond donors (Lipinski definition) is 1. The minimum atomic E-state index is -3.79. The van der Waals surface area contributed by atoms with Crippen molar-refractivity contribution in [1.82, 2.24) is 0 Å². The second-order valence-electron chi connectivity index (χ2n) is 5.52. The van der Waals surface area contributed by atoms with Crippen molar-refractivity contribution < 1.29 is 13.0 Å². The molecule has 0 spiro atoms. The van der Waals surface area contributed by atoms with E-state index < -0.39 is 10.1 Å². The van der Waals surface area contributed by atoms with Gasteiger partial charge in [0.15, 0.2) is 0 Å². The summed E-state index contributed by atoms with van der Waals surface area (Å²) in [6.07, 6.45) is 18.6. The quantitative estimate of drug-likeness (QED) is 0.275. The molecule has 0 atom stereocenters. The van der Waals surface area contributed by atoms with Gasteiger partial charge in [-0.25, -0.2) is 0 Å². The Bertz CT molecular complexity index is 321. The fraction of sp³-hybridized carbons (Fsp3) is 0.875. The topological polar surface area (TPSA) is 54.4 Å². The van der Waals surface area contributed by atoms with Crippen LogP contribution in [0.1, 0.15) is 84.0 Å². The Morgan fingerprint density at radius 1 is 0.750 bits per heavy atom. The number of unbranched alkanes of at least 4 members (excludes halogenated alkanes) is 10. The monoisotopic (exact) mass is 304 g/mol. The maximum atomic E-state index is 10.5. The lowest BCUT2D eigenvalue weighted by Crippen LogP contribution is -2.01. The smallest absolute Gasteiger partial charge is 0.265 e. The van der Waals surface area contributed by atoms with E-state index in [1.807, 2.05) is 12.2 Å². The first-order valence-corrected chi connectivity index (χ1v) is 9.77. The normalized spacial score (nSPS) is 12.3. The van der Waals surface area contributed by atoms with Gasteiger partial charge in [0.1, 0.15) is 0 Å². The maximum absolute atomic E-state index is 10.5. The molecule has 0 aliphatic heterocycles. The van der Waals surface area contributed by atoms with Gasteiger partial charge in [-0.1, -0.05) is 76.9 Å². The molecule has 0 unspecified atom stereocenters. The Balaban J connectivity index is 3.15. The second-order valence-corrected chi connectivity index (χ2v) is 7.09. The second kappa shape index (κ2) is 13.6. The van der Waals surface area contributed by atoms with Gasteiger partial charge in [-0.2, -0.15) is 8.42 Å². The largest absolute Gasteiger partial charge is 0.286 e.